The minimum Gasteiger partial charge on any atom is -0.457 e. The standard InChI is InChI=1S/C19H30N6O4S2/c1-19(2,3)31-30-8-7-21-6-4-5-13(26)29-12-9-28-18(15(12)27)25-11-24-14-16(20)22-10-23-17(14)25/h10-12,15,18,21,27H,4-9H2,1-3H3,(H2,20,22,23). The monoisotopic (exact) mass is 470 g/mol. The number of anilines is 1. The average molecular weight is 471 g/mol. The molecule has 1 fully saturated rings. The summed E-state index contributed by atoms with van der Waals surface area (Å²) in [5, 5.41) is 13.9. The van der Waals surface area contributed by atoms with Gasteiger partial charge in [0.2, 0.25) is 0 Å². The van der Waals surface area contributed by atoms with E-state index in [0.717, 1.165) is 18.8 Å². The Hall–Kier alpha value is -1.60. The molecule has 172 valence electrons. The first-order valence-corrected chi connectivity index (χ1v) is 12.5. The van der Waals surface area contributed by atoms with Crippen LogP contribution in [-0.4, -0.2) is 73.0 Å². The molecular weight excluding hydrogens is 440 g/mol. The lowest BCUT2D eigenvalue weighted by molar-refractivity contribution is -0.153. The molecule has 10 nitrogen and oxygen atoms in total. The van der Waals surface area contributed by atoms with Crippen molar-refractivity contribution in [1.29, 1.82) is 0 Å². The molecule has 31 heavy (non-hydrogen) atoms. The number of nitrogens with one attached hydrogen (secondary N) is 1. The van der Waals surface area contributed by atoms with Gasteiger partial charge in [-0.1, -0.05) is 42.4 Å². The van der Waals surface area contributed by atoms with Gasteiger partial charge in [0.05, 0.1) is 12.9 Å². The molecule has 12 heteroatoms. The van der Waals surface area contributed by atoms with E-state index < -0.39 is 18.4 Å². The van der Waals surface area contributed by atoms with E-state index in [0.29, 0.717) is 17.6 Å². The Labute approximate surface area is 189 Å². The number of rotatable bonds is 10. The lowest BCUT2D eigenvalue weighted by Gasteiger charge is -2.19. The zero-order valence-electron chi connectivity index (χ0n) is 18.0. The van der Waals surface area contributed by atoms with Crippen LogP contribution in [0.2, 0.25) is 0 Å². The summed E-state index contributed by atoms with van der Waals surface area (Å²) in [7, 11) is 3.71. The predicted octanol–water partition coefficient (Wildman–Crippen LogP) is 1.76. The number of aliphatic hydroxyl groups excluding tert-OH is 1. The normalized spacial score (nSPS) is 21.6. The molecular formula is C19H30N6O4S2. The van der Waals surface area contributed by atoms with Crippen LogP contribution in [0.25, 0.3) is 11.2 Å². The van der Waals surface area contributed by atoms with Crippen molar-refractivity contribution < 1.29 is 19.4 Å². The minimum atomic E-state index is -1.03. The van der Waals surface area contributed by atoms with E-state index in [-0.39, 0.29) is 29.6 Å². The Morgan fingerprint density at radius 2 is 2.19 bits per heavy atom. The van der Waals surface area contributed by atoms with Crippen LogP contribution in [0.4, 0.5) is 5.82 Å². The summed E-state index contributed by atoms with van der Waals surface area (Å²) in [6.07, 6.45) is 1.22. The highest BCUT2D eigenvalue weighted by Gasteiger charge is 2.40. The number of ether oxygens (including phenoxy) is 2. The predicted molar refractivity (Wildman–Crippen MR) is 123 cm³/mol. The molecule has 0 spiro atoms. The van der Waals surface area contributed by atoms with Crippen molar-refractivity contribution in [2.24, 2.45) is 0 Å². The van der Waals surface area contributed by atoms with E-state index in [1.165, 1.54) is 12.7 Å². The van der Waals surface area contributed by atoms with Gasteiger partial charge in [0.15, 0.2) is 23.8 Å². The highest BCUT2D eigenvalue weighted by atomic mass is 33.1. The van der Waals surface area contributed by atoms with Crippen LogP contribution in [0, 0.1) is 0 Å². The van der Waals surface area contributed by atoms with E-state index in [1.54, 1.807) is 4.57 Å². The number of aliphatic hydroxyl groups is 1. The van der Waals surface area contributed by atoms with E-state index in [2.05, 4.69) is 41.0 Å². The quantitative estimate of drug-likeness (QED) is 0.266. The Kier molecular flexibility index (Phi) is 8.39. The van der Waals surface area contributed by atoms with Crippen LogP contribution < -0.4 is 11.1 Å². The minimum absolute atomic E-state index is 0.0960. The number of imidazole rings is 1. The third-order valence-corrected chi connectivity index (χ3v) is 7.80. The van der Waals surface area contributed by atoms with Crippen LogP contribution in [0.1, 0.15) is 39.8 Å². The molecule has 0 amide bonds. The fraction of sp³-hybridized carbons (Fsp3) is 0.684. The fourth-order valence-electron chi connectivity index (χ4n) is 3.02. The Morgan fingerprint density at radius 1 is 1.39 bits per heavy atom. The maximum Gasteiger partial charge on any atom is 0.306 e. The molecule has 3 atom stereocenters. The number of nitrogens with two attached hydrogens (primary N) is 1. The summed E-state index contributed by atoms with van der Waals surface area (Å²) in [6, 6.07) is 0. The second-order valence-electron chi connectivity index (χ2n) is 8.20. The summed E-state index contributed by atoms with van der Waals surface area (Å²) >= 11 is 0. The van der Waals surface area contributed by atoms with Crippen molar-refractivity contribution in [2.45, 2.75) is 56.8 Å². The lowest BCUT2D eigenvalue weighted by Crippen LogP contribution is -2.32. The molecule has 3 unspecified atom stereocenters. The molecule has 2 aromatic rings. The van der Waals surface area contributed by atoms with Crippen LogP contribution >= 0.6 is 21.6 Å². The molecule has 0 radical (unpaired) electrons. The third-order valence-electron chi connectivity index (χ3n) is 4.45. The van der Waals surface area contributed by atoms with Gasteiger partial charge in [-0.3, -0.25) is 9.36 Å². The second-order valence-corrected chi connectivity index (χ2v) is 11.4. The Morgan fingerprint density at radius 3 is 2.97 bits per heavy atom. The number of nitrogens with zero attached hydrogens (tertiary/aromatic N) is 4. The Balaban J connectivity index is 1.37. The SMILES string of the molecule is CC(C)(C)SSCCNCCCC(=O)OC1COC(n2cnc3c(N)ncnc32)C1O. The van der Waals surface area contributed by atoms with Gasteiger partial charge in [-0.2, -0.15) is 0 Å². The van der Waals surface area contributed by atoms with Crippen molar-refractivity contribution in [1.82, 2.24) is 24.8 Å². The number of nitrogen functional groups attached to an aromatic ring is 1. The van der Waals surface area contributed by atoms with Gasteiger partial charge in [0.25, 0.3) is 0 Å². The van der Waals surface area contributed by atoms with Gasteiger partial charge in [-0.25, -0.2) is 15.0 Å². The molecule has 1 saturated heterocycles. The number of carbonyl (C=O) groups is 1. The first-order valence-electron chi connectivity index (χ1n) is 10.2. The molecule has 2 aromatic heterocycles. The number of hydrogen-bond acceptors (Lipinski definition) is 11. The molecule has 0 bridgehead atoms. The summed E-state index contributed by atoms with van der Waals surface area (Å²) < 4.78 is 12.9. The molecule has 4 N–H and O–H groups in total. The number of carbonyl (C=O) groups excluding carboxylic acids is 1. The van der Waals surface area contributed by atoms with E-state index in [4.69, 9.17) is 15.2 Å². The van der Waals surface area contributed by atoms with Crippen LogP contribution in [-0.2, 0) is 14.3 Å². The van der Waals surface area contributed by atoms with Gasteiger partial charge in [0, 0.05) is 23.5 Å². The Bertz CT molecular complexity index is 875. The van der Waals surface area contributed by atoms with Crippen molar-refractivity contribution in [3.63, 3.8) is 0 Å². The average Bonchev–Trinajstić information content (AvgIpc) is 3.28. The molecule has 3 rings (SSSR count). The maximum atomic E-state index is 12.2. The lowest BCUT2D eigenvalue weighted by atomic mass is 10.2. The molecule has 1 aliphatic rings. The largest absolute Gasteiger partial charge is 0.457 e. The molecule has 1 aliphatic heterocycles. The smallest absolute Gasteiger partial charge is 0.306 e. The van der Waals surface area contributed by atoms with Gasteiger partial charge < -0.3 is 25.6 Å². The van der Waals surface area contributed by atoms with Crippen LogP contribution in [0.3, 0.4) is 0 Å². The van der Waals surface area contributed by atoms with Gasteiger partial charge in [-0.05, 0) is 13.0 Å². The van der Waals surface area contributed by atoms with Crippen molar-refractivity contribution in [3.8, 4) is 0 Å². The van der Waals surface area contributed by atoms with Gasteiger partial charge in [0.1, 0.15) is 17.9 Å². The molecule has 0 aliphatic carbocycles. The van der Waals surface area contributed by atoms with Crippen molar-refractivity contribution in [2.75, 3.05) is 31.2 Å². The number of hydrogen-bond donors (Lipinski definition) is 3. The summed E-state index contributed by atoms with van der Waals surface area (Å²) in [5.74, 6) is 0.910. The highest BCUT2D eigenvalue weighted by Crippen LogP contribution is 2.34. The maximum absolute atomic E-state index is 12.2. The topological polar surface area (TPSA) is 137 Å². The summed E-state index contributed by atoms with van der Waals surface area (Å²) in [6.45, 7) is 8.32. The van der Waals surface area contributed by atoms with Crippen LogP contribution in [0.15, 0.2) is 12.7 Å². The van der Waals surface area contributed by atoms with E-state index >= 15 is 0 Å². The molecule has 3 heterocycles. The zero-order valence-corrected chi connectivity index (χ0v) is 19.6. The van der Waals surface area contributed by atoms with Gasteiger partial charge >= 0.3 is 5.97 Å². The molecule has 0 saturated carbocycles. The van der Waals surface area contributed by atoms with Gasteiger partial charge in [-0.15, -0.1) is 0 Å². The second kappa shape index (κ2) is 10.8. The number of esters is 1. The first kappa shape index (κ1) is 24.1. The van der Waals surface area contributed by atoms with E-state index in [1.807, 2.05) is 21.6 Å². The zero-order chi connectivity index (χ0) is 22.4. The molecule has 0 aromatic carbocycles. The van der Waals surface area contributed by atoms with Crippen molar-refractivity contribution >= 4 is 44.5 Å². The van der Waals surface area contributed by atoms with Crippen LogP contribution in [0.5, 0.6) is 0 Å². The fourth-order valence-corrected chi connectivity index (χ4v) is 5.25. The van der Waals surface area contributed by atoms with Crippen molar-refractivity contribution in [3.05, 3.63) is 12.7 Å². The first-order chi connectivity index (χ1) is 14.8. The number of aromatic nitrogens is 4. The number of fused-ring (bicyclic) bond motifs is 1. The summed E-state index contributed by atoms with van der Waals surface area (Å²) in [4.78, 5) is 24.4. The summed E-state index contributed by atoms with van der Waals surface area (Å²) in [5.41, 5.74) is 6.68. The third kappa shape index (κ3) is 6.69. The van der Waals surface area contributed by atoms with E-state index in [9.17, 15) is 9.90 Å². The highest BCUT2D eigenvalue weighted by molar-refractivity contribution is 8.77.